The maximum absolute atomic E-state index is 5.45. The largest absolute Gasteiger partial charge is 0.464 e. The van der Waals surface area contributed by atoms with Gasteiger partial charge in [-0.2, -0.15) is 0 Å². The summed E-state index contributed by atoms with van der Waals surface area (Å²) >= 11 is 1.66. The lowest BCUT2D eigenvalue weighted by molar-refractivity contribution is 0.469. The van der Waals surface area contributed by atoms with Gasteiger partial charge in [0.15, 0.2) is 0 Å². The molecule has 0 aliphatic heterocycles. The first kappa shape index (κ1) is 10.9. The van der Waals surface area contributed by atoms with Crippen LogP contribution < -0.4 is 4.74 Å². The Morgan fingerprint density at radius 3 is 2.64 bits per heavy atom. The van der Waals surface area contributed by atoms with Crippen molar-refractivity contribution in [2.45, 2.75) is 18.7 Å². The molecule has 1 aromatic carbocycles. The fourth-order valence-electron chi connectivity index (χ4n) is 0.928. The van der Waals surface area contributed by atoms with E-state index in [0.717, 1.165) is 10.6 Å². The molecule has 0 spiro atoms. The van der Waals surface area contributed by atoms with Crippen LogP contribution in [0.3, 0.4) is 0 Å². The molecule has 0 N–H and O–H groups in total. The number of hydrogen-bond acceptors (Lipinski definition) is 2. The third kappa shape index (κ3) is 3.30. The van der Waals surface area contributed by atoms with Gasteiger partial charge in [-0.1, -0.05) is 36.0 Å². The predicted octanol–water partition coefficient (Wildman–Crippen LogP) is 4.22. The molecule has 0 unspecified atom stereocenters. The number of benzene rings is 1. The van der Waals surface area contributed by atoms with E-state index in [-0.39, 0.29) is 0 Å². The lowest BCUT2D eigenvalue weighted by atomic mass is 10.3. The van der Waals surface area contributed by atoms with Gasteiger partial charge in [0.05, 0.1) is 11.2 Å². The van der Waals surface area contributed by atoms with Crippen LogP contribution in [0.15, 0.2) is 53.0 Å². The van der Waals surface area contributed by atoms with Gasteiger partial charge >= 0.3 is 0 Å². The van der Waals surface area contributed by atoms with Crippen molar-refractivity contribution in [1.82, 2.24) is 0 Å². The minimum Gasteiger partial charge on any atom is -0.464 e. The third-order valence-corrected chi connectivity index (χ3v) is 2.51. The molecule has 2 heteroatoms. The van der Waals surface area contributed by atoms with E-state index in [1.807, 2.05) is 55.7 Å². The average Bonchev–Trinajstić information content (AvgIpc) is 2.24. The fraction of sp³-hybridized carbons (Fsp3) is 0.167. The van der Waals surface area contributed by atoms with Gasteiger partial charge in [-0.25, -0.2) is 0 Å². The standard InChI is InChI=1S/C12H14OS/c1-3-9-13-11-7-5-6-8-12(11)14-10-4-2/h3-10H,1-2H3/b9-3+,10-4+. The summed E-state index contributed by atoms with van der Waals surface area (Å²) in [5.41, 5.74) is 0. The van der Waals surface area contributed by atoms with Crippen molar-refractivity contribution < 1.29 is 4.74 Å². The van der Waals surface area contributed by atoms with E-state index >= 15 is 0 Å². The Labute approximate surface area is 89.5 Å². The monoisotopic (exact) mass is 206 g/mol. The summed E-state index contributed by atoms with van der Waals surface area (Å²) in [4.78, 5) is 1.13. The highest BCUT2D eigenvalue weighted by atomic mass is 32.2. The highest BCUT2D eigenvalue weighted by Gasteiger charge is 1.99. The van der Waals surface area contributed by atoms with Crippen LogP contribution in [0.5, 0.6) is 5.75 Å². The van der Waals surface area contributed by atoms with Crippen molar-refractivity contribution >= 4 is 11.8 Å². The zero-order valence-electron chi connectivity index (χ0n) is 8.44. The van der Waals surface area contributed by atoms with Gasteiger partial charge in [0.25, 0.3) is 0 Å². The molecule has 0 radical (unpaired) electrons. The van der Waals surface area contributed by atoms with Crippen molar-refractivity contribution in [3.05, 3.63) is 48.1 Å². The highest BCUT2D eigenvalue weighted by molar-refractivity contribution is 8.02. The maximum atomic E-state index is 5.45. The molecule has 0 saturated carbocycles. The fourth-order valence-corrected chi connectivity index (χ4v) is 1.60. The second-order valence-electron chi connectivity index (χ2n) is 2.62. The Kier molecular flexibility index (Phi) is 4.94. The molecule has 14 heavy (non-hydrogen) atoms. The van der Waals surface area contributed by atoms with Gasteiger partial charge in [0.2, 0.25) is 0 Å². The minimum atomic E-state index is 0.897. The molecule has 0 fully saturated rings. The number of ether oxygens (including phenoxy) is 1. The van der Waals surface area contributed by atoms with E-state index in [0.29, 0.717) is 0 Å². The van der Waals surface area contributed by atoms with E-state index < -0.39 is 0 Å². The van der Waals surface area contributed by atoms with Gasteiger partial charge in [-0.3, -0.25) is 0 Å². The van der Waals surface area contributed by atoms with Crippen molar-refractivity contribution in [3.63, 3.8) is 0 Å². The van der Waals surface area contributed by atoms with Crippen molar-refractivity contribution in [1.29, 1.82) is 0 Å². The Morgan fingerprint density at radius 2 is 1.93 bits per heavy atom. The second-order valence-corrected chi connectivity index (χ2v) is 3.57. The zero-order valence-corrected chi connectivity index (χ0v) is 9.25. The van der Waals surface area contributed by atoms with E-state index in [4.69, 9.17) is 4.74 Å². The first-order valence-electron chi connectivity index (χ1n) is 4.53. The first-order chi connectivity index (χ1) is 6.88. The van der Waals surface area contributed by atoms with Crippen LogP contribution in [0.1, 0.15) is 13.8 Å². The number of thioether (sulfide) groups is 1. The van der Waals surface area contributed by atoms with Gasteiger partial charge in [0.1, 0.15) is 5.75 Å². The van der Waals surface area contributed by atoms with Crippen molar-refractivity contribution in [3.8, 4) is 5.75 Å². The van der Waals surface area contributed by atoms with E-state index in [1.54, 1.807) is 18.0 Å². The molecule has 0 saturated heterocycles. The third-order valence-electron chi connectivity index (χ3n) is 1.51. The van der Waals surface area contributed by atoms with Crippen LogP contribution in [0.25, 0.3) is 0 Å². The Morgan fingerprint density at radius 1 is 1.14 bits per heavy atom. The molecule has 1 nitrogen and oxygen atoms in total. The maximum Gasteiger partial charge on any atom is 0.140 e. The van der Waals surface area contributed by atoms with Gasteiger partial charge in [-0.15, -0.1) is 0 Å². The normalized spacial score (nSPS) is 11.3. The molecular weight excluding hydrogens is 192 g/mol. The molecule has 0 heterocycles. The average molecular weight is 206 g/mol. The molecule has 0 aromatic heterocycles. The highest BCUT2D eigenvalue weighted by Crippen LogP contribution is 2.29. The smallest absolute Gasteiger partial charge is 0.140 e. The molecule has 0 amide bonds. The summed E-state index contributed by atoms with van der Waals surface area (Å²) in [7, 11) is 0. The SMILES string of the molecule is C/C=C/Oc1ccccc1S/C=C/C. The molecule has 0 bridgehead atoms. The van der Waals surface area contributed by atoms with E-state index in [1.165, 1.54) is 0 Å². The Hall–Kier alpha value is -1.15. The molecular formula is C12H14OS. The molecule has 74 valence electrons. The summed E-state index contributed by atoms with van der Waals surface area (Å²) in [6, 6.07) is 7.99. The van der Waals surface area contributed by atoms with Crippen LogP contribution >= 0.6 is 11.8 Å². The molecule has 0 aliphatic rings. The Balaban J connectivity index is 2.79. The molecule has 1 aromatic rings. The lowest BCUT2D eigenvalue weighted by Crippen LogP contribution is -1.83. The lowest BCUT2D eigenvalue weighted by Gasteiger charge is -2.04. The molecule has 0 atom stereocenters. The summed E-state index contributed by atoms with van der Waals surface area (Å²) in [6.07, 6.45) is 5.57. The summed E-state index contributed by atoms with van der Waals surface area (Å²) in [5.74, 6) is 0.897. The van der Waals surface area contributed by atoms with E-state index in [9.17, 15) is 0 Å². The number of allylic oxidation sites excluding steroid dienone is 2. The quantitative estimate of drug-likeness (QED) is 0.538. The first-order valence-corrected chi connectivity index (χ1v) is 5.41. The van der Waals surface area contributed by atoms with Crippen molar-refractivity contribution in [2.75, 3.05) is 0 Å². The zero-order chi connectivity index (χ0) is 10.2. The van der Waals surface area contributed by atoms with Gasteiger partial charge < -0.3 is 4.74 Å². The summed E-state index contributed by atoms with van der Waals surface area (Å²) in [6.45, 7) is 3.93. The number of hydrogen-bond donors (Lipinski definition) is 0. The second kappa shape index (κ2) is 6.33. The van der Waals surface area contributed by atoms with E-state index in [2.05, 4.69) is 0 Å². The summed E-state index contributed by atoms with van der Waals surface area (Å²) in [5, 5.41) is 2.04. The summed E-state index contributed by atoms with van der Waals surface area (Å²) < 4.78 is 5.45. The van der Waals surface area contributed by atoms with Gasteiger partial charge in [-0.05, 0) is 31.4 Å². The van der Waals surface area contributed by atoms with Gasteiger partial charge in [0, 0.05) is 0 Å². The Bertz CT molecular complexity index is 296. The van der Waals surface area contributed by atoms with Crippen molar-refractivity contribution in [2.24, 2.45) is 0 Å². The van der Waals surface area contributed by atoms with Crippen LogP contribution in [0.2, 0.25) is 0 Å². The van der Waals surface area contributed by atoms with Crippen LogP contribution in [-0.4, -0.2) is 0 Å². The van der Waals surface area contributed by atoms with Crippen LogP contribution in [0, 0.1) is 0 Å². The number of rotatable bonds is 4. The number of para-hydroxylation sites is 1. The van der Waals surface area contributed by atoms with Crippen LogP contribution in [0.4, 0.5) is 0 Å². The molecule has 0 aliphatic carbocycles. The topological polar surface area (TPSA) is 9.23 Å². The minimum absolute atomic E-state index is 0.897. The predicted molar refractivity (Wildman–Crippen MR) is 62.6 cm³/mol. The van der Waals surface area contributed by atoms with Crippen LogP contribution in [-0.2, 0) is 0 Å². The molecule has 1 rings (SSSR count).